The average Bonchev–Trinajstić information content (AvgIpc) is 2.29. The standard InChI is InChI=1S/C12H12N2O2S.2ClH/c13-9-5-1-3-7-11(9)17(15,16)12-8-4-2-6-10(12)14;;/h1-8H,13-14H2;2*1H. The summed E-state index contributed by atoms with van der Waals surface area (Å²) in [5.74, 6) is 0. The van der Waals surface area contributed by atoms with E-state index in [9.17, 15) is 8.42 Å². The van der Waals surface area contributed by atoms with Crippen LogP contribution in [0.1, 0.15) is 0 Å². The van der Waals surface area contributed by atoms with E-state index in [4.69, 9.17) is 11.5 Å². The molecule has 0 fully saturated rings. The molecule has 4 N–H and O–H groups in total. The molecule has 2 aromatic carbocycles. The van der Waals surface area contributed by atoms with Gasteiger partial charge in [0.1, 0.15) is 0 Å². The van der Waals surface area contributed by atoms with Gasteiger partial charge in [0.05, 0.1) is 21.2 Å². The van der Waals surface area contributed by atoms with Gasteiger partial charge in [-0.15, -0.1) is 24.8 Å². The lowest BCUT2D eigenvalue weighted by Crippen LogP contribution is -2.07. The van der Waals surface area contributed by atoms with Crippen LogP contribution in [-0.2, 0) is 9.84 Å². The third kappa shape index (κ3) is 3.32. The zero-order chi connectivity index (χ0) is 12.5. The maximum Gasteiger partial charge on any atom is 0.210 e. The van der Waals surface area contributed by atoms with Crippen molar-refractivity contribution in [3.05, 3.63) is 48.5 Å². The summed E-state index contributed by atoms with van der Waals surface area (Å²) in [4.78, 5) is 0.163. The predicted octanol–water partition coefficient (Wildman–Crippen LogP) is 2.53. The molecule has 19 heavy (non-hydrogen) atoms. The summed E-state index contributed by atoms with van der Waals surface area (Å²) in [6.07, 6.45) is 0. The first kappa shape index (κ1) is 17.6. The zero-order valence-corrected chi connectivity index (χ0v) is 12.3. The second-order valence-corrected chi connectivity index (χ2v) is 5.47. The minimum atomic E-state index is -3.65. The number of anilines is 2. The predicted molar refractivity (Wildman–Crippen MR) is 81.7 cm³/mol. The maximum atomic E-state index is 12.3. The van der Waals surface area contributed by atoms with Crippen LogP contribution in [0.25, 0.3) is 0 Å². The molecular weight excluding hydrogens is 307 g/mol. The number of halogens is 2. The third-order valence-electron chi connectivity index (χ3n) is 2.42. The Balaban J connectivity index is 0.00000162. The molecule has 0 aliphatic heterocycles. The SMILES string of the molecule is Cl.Cl.Nc1ccccc1S(=O)(=O)c1ccccc1N. The number of hydrogen-bond donors (Lipinski definition) is 2. The lowest BCUT2D eigenvalue weighted by molar-refractivity contribution is 0.597. The van der Waals surface area contributed by atoms with Crippen LogP contribution in [0.3, 0.4) is 0 Å². The molecular formula is C12H14Cl2N2O2S. The highest BCUT2D eigenvalue weighted by Gasteiger charge is 2.21. The normalized spacial score (nSPS) is 10.1. The fourth-order valence-electron chi connectivity index (χ4n) is 1.57. The van der Waals surface area contributed by atoms with Gasteiger partial charge < -0.3 is 11.5 Å². The quantitative estimate of drug-likeness (QED) is 0.832. The van der Waals surface area contributed by atoms with Crippen LogP contribution in [-0.4, -0.2) is 8.42 Å². The molecule has 4 nitrogen and oxygen atoms in total. The molecule has 0 aromatic heterocycles. The van der Waals surface area contributed by atoms with E-state index in [1.54, 1.807) is 36.4 Å². The van der Waals surface area contributed by atoms with Crippen molar-refractivity contribution in [2.24, 2.45) is 0 Å². The fourth-order valence-corrected chi connectivity index (χ4v) is 3.08. The van der Waals surface area contributed by atoms with Crippen LogP contribution in [0.4, 0.5) is 11.4 Å². The highest BCUT2D eigenvalue weighted by Crippen LogP contribution is 2.28. The van der Waals surface area contributed by atoms with E-state index in [1.165, 1.54) is 12.1 Å². The van der Waals surface area contributed by atoms with Gasteiger partial charge in [-0.2, -0.15) is 0 Å². The van der Waals surface area contributed by atoms with Gasteiger partial charge >= 0.3 is 0 Å². The fraction of sp³-hybridized carbons (Fsp3) is 0. The molecule has 0 saturated carbocycles. The first-order chi connectivity index (χ1) is 8.03. The van der Waals surface area contributed by atoms with E-state index in [1.807, 2.05) is 0 Å². The van der Waals surface area contributed by atoms with E-state index >= 15 is 0 Å². The van der Waals surface area contributed by atoms with Gasteiger partial charge in [0, 0.05) is 0 Å². The van der Waals surface area contributed by atoms with E-state index < -0.39 is 9.84 Å². The van der Waals surface area contributed by atoms with Crippen molar-refractivity contribution in [3.63, 3.8) is 0 Å². The van der Waals surface area contributed by atoms with E-state index in [2.05, 4.69) is 0 Å². The van der Waals surface area contributed by atoms with Gasteiger partial charge in [0.15, 0.2) is 0 Å². The van der Waals surface area contributed by atoms with Crippen molar-refractivity contribution in [1.29, 1.82) is 0 Å². The Morgan fingerprint density at radius 1 is 0.684 bits per heavy atom. The van der Waals surface area contributed by atoms with Crippen molar-refractivity contribution in [1.82, 2.24) is 0 Å². The number of para-hydroxylation sites is 2. The highest BCUT2D eigenvalue weighted by molar-refractivity contribution is 7.91. The van der Waals surface area contributed by atoms with Crippen molar-refractivity contribution < 1.29 is 8.42 Å². The lowest BCUT2D eigenvalue weighted by atomic mass is 10.3. The van der Waals surface area contributed by atoms with Crippen molar-refractivity contribution >= 4 is 46.0 Å². The number of benzene rings is 2. The number of nitrogens with two attached hydrogens (primary N) is 2. The van der Waals surface area contributed by atoms with Gasteiger partial charge in [-0.25, -0.2) is 8.42 Å². The van der Waals surface area contributed by atoms with E-state index in [-0.39, 0.29) is 46.0 Å². The molecule has 0 amide bonds. The Kier molecular flexibility index (Phi) is 6.15. The largest absolute Gasteiger partial charge is 0.398 e. The summed E-state index contributed by atoms with van der Waals surface area (Å²) in [7, 11) is -3.65. The van der Waals surface area contributed by atoms with Crippen molar-refractivity contribution in [3.8, 4) is 0 Å². The lowest BCUT2D eigenvalue weighted by Gasteiger charge is -2.09. The van der Waals surface area contributed by atoms with Crippen LogP contribution in [0.2, 0.25) is 0 Å². The Bertz CT molecular complexity index is 609. The minimum absolute atomic E-state index is 0. The summed E-state index contributed by atoms with van der Waals surface area (Å²) in [5.41, 5.74) is 11.8. The molecule has 0 atom stereocenters. The molecule has 0 aliphatic rings. The van der Waals surface area contributed by atoms with Gasteiger partial charge in [0.25, 0.3) is 0 Å². The Morgan fingerprint density at radius 3 is 1.32 bits per heavy atom. The number of rotatable bonds is 2. The summed E-state index contributed by atoms with van der Waals surface area (Å²) < 4.78 is 24.6. The summed E-state index contributed by atoms with van der Waals surface area (Å²) in [5, 5.41) is 0. The monoisotopic (exact) mass is 320 g/mol. The Morgan fingerprint density at radius 2 is 1.00 bits per heavy atom. The number of sulfone groups is 1. The van der Waals surface area contributed by atoms with Gasteiger partial charge in [-0.1, -0.05) is 24.3 Å². The van der Waals surface area contributed by atoms with Gasteiger partial charge in [-0.3, -0.25) is 0 Å². The second-order valence-electron chi connectivity index (χ2n) is 3.58. The average molecular weight is 321 g/mol. The van der Waals surface area contributed by atoms with E-state index in [0.29, 0.717) is 0 Å². The first-order valence-corrected chi connectivity index (χ1v) is 6.46. The molecule has 0 unspecified atom stereocenters. The second kappa shape index (κ2) is 6.65. The van der Waals surface area contributed by atoms with Crippen LogP contribution in [0, 0.1) is 0 Å². The molecule has 0 heterocycles. The number of nitrogen functional groups attached to an aromatic ring is 2. The van der Waals surface area contributed by atoms with Crippen LogP contribution >= 0.6 is 24.8 Å². The van der Waals surface area contributed by atoms with E-state index in [0.717, 1.165) is 0 Å². The molecule has 0 saturated heterocycles. The topological polar surface area (TPSA) is 86.2 Å². The van der Waals surface area contributed by atoms with Crippen molar-refractivity contribution in [2.75, 3.05) is 11.5 Å². The van der Waals surface area contributed by atoms with Crippen LogP contribution in [0.15, 0.2) is 58.3 Å². The van der Waals surface area contributed by atoms with Crippen LogP contribution in [0.5, 0.6) is 0 Å². The molecule has 0 aliphatic carbocycles. The summed E-state index contributed by atoms with van der Waals surface area (Å²) in [6, 6.07) is 12.7. The summed E-state index contributed by atoms with van der Waals surface area (Å²) >= 11 is 0. The highest BCUT2D eigenvalue weighted by atomic mass is 35.5. The van der Waals surface area contributed by atoms with Crippen molar-refractivity contribution in [2.45, 2.75) is 9.79 Å². The molecule has 0 bridgehead atoms. The van der Waals surface area contributed by atoms with Gasteiger partial charge in [0.2, 0.25) is 9.84 Å². The maximum absolute atomic E-state index is 12.3. The van der Waals surface area contributed by atoms with Gasteiger partial charge in [-0.05, 0) is 24.3 Å². The Hall–Kier alpha value is -1.43. The first-order valence-electron chi connectivity index (χ1n) is 4.97. The Labute approximate surface area is 124 Å². The zero-order valence-electron chi connectivity index (χ0n) is 9.81. The van der Waals surface area contributed by atoms with Crippen LogP contribution < -0.4 is 11.5 Å². The number of hydrogen-bond acceptors (Lipinski definition) is 4. The smallest absolute Gasteiger partial charge is 0.210 e. The minimum Gasteiger partial charge on any atom is -0.398 e. The molecule has 104 valence electrons. The summed E-state index contributed by atoms with van der Waals surface area (Å²) in [6.45, 7) is 0. The molecule has 0 spiro atoms. The third-order valence-corrected chi connectivity index (χ3v) is 4.32. The molecule has 7 heteroatoms. The molecule has 0 radical (unpaired) electrons. The molecule has 2 rings (SSSR count). The molecule has 2 aromatic rings.